The van der Waals surface area contributed by atoms with E-state index in [4.69, 9.17) is 33.4 Å². The standard InChI is InChI=1S/C14H6Cl2O4S2/c15-7-3-11-9(1-5(7)13(17)18)21-10-2-6(14(19)20)8(16)4-12(10)22-11/h1-4H,(H,17,18)(H,19,20). The van der Waals surface area contributed by atoms with E-state index < -0.39 is 11.9 Å². The first-order chi connectivity index (χ1) is 10.4. The van der Waals surface area contributed by atoms with Crippen molar-refractivity contribution < 1.29 is 19.8 Å². The van der Waals surface area contributed by atoms with Crippen LogP contribution in [-0.4, -0.2) is 22.2 Å². The van der Waals surface area contributed by atoms with Gasteiger partial charge in [-0.15, -0.1) is 0 Å². The van der Waals surface area contributed by atoms with Crippen molar-refractivity contribution in [2.24, 2.45) is 0 Å². The van der Waals surface area contributed by atoms with E-state index in [9.17, 15) is 9.59 Å². The molecule has 0 saturated carbocycles. The molecule has 0 aliphatic carbocycles. The first-order valence-electron chi connectivity index (χ1n) is 5.86. The van der Waals surface area contributed by atoms with Gasteiger partial charge in [-0.1, -0.05) is 46.7 Å². The average molecular weight is 373 g/mol. The number of benzene rings is 2. The Morgan fingerprint density at radius 3 is 1.36 bits per heavy atom. The minimum absolute atomic E-state index is 0.0180. The summed E-state index contributed by atoms with van der Waals surface area (Å²) >= 11 is 14.6. The van der Waals surface area contributed by atoms with Crippen LogP contribution in [0.1, 0.15) is 20.7 Å². The predicted octanol–water partition coefficient (Wildman–Crippen LogP) is 5.01. The summed E-state index contributed by atoms with van der Waals surface area (Å²) in [5.74, 6) is -2.21. The number of carbonyl (C=O) groups is 2. The van der Waals surface area contributed by atoms with Crippen molar-refractivity contribution >= 4 is 58.7 Å². The highest BCUT2D eigenvalue weighted by Crippen LogP contribution is 2.50. The molecular weight excluding hydrogens is 367 g/mol. The van der Waals surface area contributed by atoms with Gasteiger partial charge in [-0.25, -0.2) is 9.59 Å². The van der Waals surface area contributed by atoms with E-state index in [1.807, 2.05) is 0 Å². The topological polar surface area (TPSA) is 74.6 Å². The summed E-state index contributed by atoms with van der Waals surface area (Å²) in [6.07, 6.45) is 0. The molecule has 1 aliphatic rings. The van der Waals surface area contributed by atoms with Crippen molar-refractivity contribution in [3.8, 4) is 0 Å². The second kappa shape index (κ2) is 5.70. The first kappa shape index (κ1) is 15.6. The summed E-state index contributed by atoms with van der Waals surface area (Å²) in [5, 5.41) is 18.6. The average Bonchev–Trinajstić information content (AvgIpc) is 2.43. The fourth-order valence-electron chi connectivity index (χ4n) is 1.95. The smallest absolute Gasteiger partial charge is 0.337 e. The van der Waals surface area contributed by atoms with E-state index in [-0.39, 0.29) is 21.2 Å². The molecule has 0 atom stereocenters. The van der Waals surface area contributed by atoms with Gasteiger partial charge in [0, 0.05) is 19.6 Å². The number of carboxylic acids is 2. The number of rotatable bonds is 2. The molecule has 8 heteroatoms. The first-order valence-corrected chi connectivity index (χ1v) is 8.25. The number of aromatic carboxylic acids is 2. The monoisotopic (exact) mass is 372 g/mol. The van der Waals surface area contributed by atoms with Crippen LogP contribution in [0.2, 0.25) is 10.0 Å². The van der Waals surface area contributed by atoms with Crippen LogP contribution in [0, 0.1) is 0 Å². The molecule has 1 heterocycles. The van der Waals surface area contributed by atoms with Gasteiger partial charge in [0.05, 0.1) is 21.2 Å². The van der Waals surface area contributed by atoms with Crippen molar-refractivity contribution in [1.82, 2.24) is 0 Å². The molecule has 3 rings (SSSR count). The fraction of sp³-hybridized carbons (Fsp3) is 0. The van der Waals surface area contributed by atoms with Crippen LogP contribution in [0.5, 0.6) is 0 Å². The lowest BCUT2D eigenvalue weighted by molar-refractivity contribution is 0.0686. The van der Waals surface area contributed by atoms with E-state index in [1.165, 1.54) is 35.7 Å². The van der Waals surface area contributed by atoms with Crippen LogP contribution in [0.3, 0.4) is 0 Å². The molecule has 1 aliphatic heterocycles. The lowest BCUT2D eigenvalue weighted by Crippen LogP contribution is -2.02. The molecule has 4 nitrogen and oxygen atoms in total. The van der Waals surface area contributed by atoms with Crippen molar-refractivity contribution in [2.45, 2.75) is 19.6 Å². The summed E-state index contributed by atoms with van der Waals surface area (Å²) in [4.78, 5) is 25.4. The molecule has 0 radical (unpaired) electrons. The molecule has 2 N–H and O–H groups in total. The molecule has 112 valence electrons. The summed E-state index contributed by atoms with van der Waals surface area (Å²) in [6, 6.07) is 6.19. The highest BCUT2D eigenvalue weighted by molar-refractivity contribution is 8.05. The second-order valence-corrected chi connectivity index (χ2v) is 7.35. The molecule has 0 bridgehead atoms. The SMILES string of the molecule is O=C(O)c1cc2c(cc1Cl)Sc1cc(Cl)c(C(=O)O)cc1S2. The third-order valence-corrected chi connectivity index (χ3v) is 6.08. The number of halogens is 2. The van der Waals surface area contributed by atoms with Crippen molar-refractivity contribution in [3.63, 3.8) is 0 Å². The fourth-order valence-corrected chi connectivity index (χ4v) is 4.89. The van der Waals surface area contributed by atoms with E-state index in [1.54, 1.807) is 12.1 Å². The largest absolute Gasteiger partial charge is 0.478 e. The maximum Gasteiger partial charge on any atom is 0.337 e. The molecule has 22 heavy (non-hydrogen) atoms. The lowest BCUT2D eigenvalue weighted by atomic mass is 10.2. The predicted molar refractivity (Wildman–Crippen MR) is 85.1 cm³/mol. The minimum atomic E-state index is -1.11. The molecular formula is C14H6Cl2O4S2. The molecule has 0 aromatic heterocycles. The minimum Gasteiger partial charge on any atom is -0.478 e. The normalized spacial score (nSPS) is 12.5. The second-order valence-electron chi connectivity index (χ2n) is 4.37. The molecule has 0 spiro atoms. The molecule has 0 saturated heterocycles. The molecule has 2 aromatic rings. The summed E-state index contributed by atoms with van der Waals surface area (Å²) < 4.78 is 0. The molecule has 0 fully saturated rings. The van der Waals surface area contributed by atoms with E-state index >= 15 is 0 Å². The third kappa shape index (κ3) is 2.67. The Morgan fingerprint density at radius 1 is 0.727 bits per heavy atom. The summed E-state index contributed by atoms with van der Waals surface area (Å²) in [7, 11) is 0. The van der Waals surface area contributed by atoms with Gasteiger partial charge < -0.3 is 10.2 Å². The Morgan fingerprint density at radius 2 is 1.05 bits per heavy atom. The van der Waals surface area contributed by atoms with Crippen LogP contribution < -0.4 is 0 Å². The highest BCUT2D eigenvalue weighted by Gasteiger charge is 2.23. The van der Waals surface area contributed by atoms with Crippen LogP contribution in [-0.2, 0) is 0 Å². The number of hydrogen-bond donors (Lipinski definition) is 2. The lowest BCUT2D eigenvalue weighted by Gasteiger charge is -2.20. The van der Waals surface area contributed by atoms with Gasteiger partial charge in [-0.05, 0) is 24.3 Å². The van der Waals surface area contributed by atoms with Crippen molar-refractivity contribution in [3.05, 3.63) is 45.4 Å². The Labute approximate surface area is 143 Å². The van der Waals surface area contributed by atoms with Crippen molar-refractivity contribution in [2.75, 3.05) is 0 Å². The zero-order chi connectivity index (χ0) is 16.0. The Kier molecular flexibility index (Phi) is 4.03. The van der Waals surface area contributed by atoms with Crippen LogP contribution in [0.25, 0.3) is 0 Å². The number of hydrogen-bond acceptors (Lipinski definition) is 4. The van der Waals surface area contributed by atoms with Crippen LogP contribution in [0.15, 0.2) is 43.8 Å². The highest BCUT2D eigenvalue weighted by atomic mass is 35.5. The maximum absolute atomic E-state index is 11.1. The van der Waals surface area contributed by atoms with Gasteiger partial charge >= 0.3 is 11.9 Å². The van der Waals surface area contributed by atoms with Gasteiger partial charge in [-0.3, -0.25) is 0 Å². The molecule has 0 amide bonds. The third-order valence-electron chi connectivity index (χ3n) is 2.97. The zero-order valence-electron chi connectivity index (χ0n) is 10.6. The molecule has 2 aromatic carbocycles. The quantitative estimate of drug-likeness (QED) is 0.658. The van der Waals surface area contributed by atoms with E-state index in [2.05, 4.69) is 0 Å². The van der Waals surface area contributed by atoms with Gasteiger partial charge in [0.2, 0.25) is 0 Å². The maximum atomic E-state index is 11.1. The van der Waals surface area contributed by atoms with Gasteiger partial charge in [-0.2, -0.15) is 0 Å². The van der Waals surface area contributed by atoms with Crippen LogP contribution >= 0.6 is 46.7 Å². The van der Waals surface area contributed by atoms with Crippen LogP contribution in [0.4, 0.5) is 0 Å². The van der Waals surface area contributed by atoms with E-state index in [0.717, 1.165) is 19.6 Å². The number of fused-ring (bicyclic) bond motifs is 2. The Hall–Kier alpha value is -1.34. The van der Waals surface area contributed by atoms with Crippen molar-refractivity contribution in [1.29, 1.82) is 0 Å². The van der Waals surface area contributed by atoms with E-state index in [0.29, 0.717) is 0 Å². The summed E-state index contributed by atoms with van der Waals surface area (Å²) in [6.45, 7) is 0. The van der Waals surface area contributed by atoms with Gasteiger partial charge in [0.25, 0.3) is 0 Å². The Bertz CT molecular complexity index is 769. The summed E-state index contributed by atoms with van der Waals surface area (Å²) in [5.41, 5.74) is 0.0359. The molecule has 0 unspecified atom stereocenters. The van der Waals surface area contributed by atoms with Gasteiger partial charge in [0.15, 0.2) is 0 Å². The van der Waals surface area contributed by atoms with Gasteiger partial charge in [0.1, 0.15) is 0 Å². The Balaban J connectivity index is 2.10. The zero-order valence-corrected chi connectivity index (χ0v) is 13.7. The number of carboxylic acid groups (broad SMARTS) is 2.